The van der Waals surface area contributed by atoms with Gasteiger partial charge in [0, 0.05) is 4.91 Å². The van der Waals surface area contributed by atoms with Crippen LogP contribution in [0.15, 0.2) is 113 Å². The molecular weight excluding hydrogens is 578 g/mol. The normalized spacial score (nSPS) is 21.5. The molecule has 3 aromatic carbocycles. The van der Waals surface area contributed by atoms with Crippen LogP contribution < -0.4 is 5.32 Å². The van der Waals surface area contributed by atoms with Crippen molar-refractivity contribution in [2.75, 3.05) is 20.3 Å². The first-order chi connectivity index (χ1) is 21.4. The van der Waals surface area contributed by atoms with Gasteiger partial charge in [0.2, 0.25) is 6.41 Å². The van der Waals surface area contributed by atoms with Gasteiger partial charge in [0.15, 0.2) is 0 Å². The van der Waals surface area contributed by atoms with Crippen molar-refractivity contribution in [1.82, 2.24) is 5.32 Å². The average Bonchev–Trinajstić information content (AvgIpc) is 3.34. The molecule has 0 aromatic heterocycles. The van der Waals surface area contributed by atoms with Gasteiger partial charge in [0.25, 0.3) is 0 Å². The zero-order valence-electron chi connectivity index (χ0n) is 25.1. The number of carbonyl (C=O) groups excluding carboxylic acids is 2. The standard InChI is InChI=1S/C35H39NO7S/c1-26(44-24-30(19-36-25-37)34(38)39-3)32-35(2,42-22-29-17-11-6-12-18-29)33(41-21-28-15-9-5-10-16-28)31(43-32)23-40-20-27-13-7-4-8-14-27/h4-18,24-25,31-33H,1,19-23H2,2-3H3,(H,36,37)/b30-24+/t31?,32?,33-,35?/m1/s1. The summed E-state index contributed by atoms with van der Waals surface area (Å²) in [5.74, 6) is -0.550. The Kier molecular flexibility index (Phi) is 12.8. The van der Waals surface area contributed by atoms with Crippen LogP contribution in [-0.2, 0) is 53.1 Å². The minimum atomic E-state index is -0.976. The maximum absolute atomic E-state index is 12.3. The van der Waals surface area contributed by atoms with Crippen molar-refractivity contribution in [3.8, 4) is 0 Å². The lowest BCUT2D eigenvalue weighted by Gasteiger charge is -2.36. The minimum absolute atomic E-state index is 0.0164. The van der Waals surface area contributed by atoms with Gasteiger partial charge in [0.1, 0.15) is 23.9 Å². The van der Waals surface area contributed by atoms with Gasteiger partial charge in [-0.3, -0.25) is 4.79 Å². The first kappa shape index (κ1) is 33.2. The van der Waals surface area contributed by atoms with Gasteiger partial charge in [-0.25, -0.2) is 4.79 Å². The van der Waals surface area contributed by atoms with Crippen LogP contribution in [-0.4, -0.2) is 56.6 Å². The number of ether oxygens (including phenoxy) is 5. The van der Waals surface area contributed by atoms with Crippen molar-refractivity contribution >= 4 is 24.1 Å². The van der Waals surface area contributed by atoms with Gasteiger partial charge in [-0.1, -0.05) is 109 Å². The molecule has 0 spiro atoms. The summed E-state index contributed by atoms with van der Waals surface area (Å²) in [4.78, 5) is 23.8. The number of hydrogen-bond acceptors (Lipinski definition) is 8. The average molecular weight is 618 g/mol. The van der Waals surface area contributed by atoms with Crippen molar-refractivity contribution in [3.63, 3.8) is 0 Å². The number of methoxy groups -OCH3 is 1. The summed E-state index contributed by atoms with van der Waals surface area (Å²) >= 11 is 1.22. The van der Waals surface area contributed by atoms with Crippen LogP contribution in [0, 0.1) is 0 Å². The van der Waals surface area contributed by atoms with Crippen LogP contribution in [0.3, 0.4) is 0 Å². The van der Waals surface area contributed by atoms with E-state index in [1.54, 1.807) is 5.41 Å². The molecule has 0 radical (unpaired) electrons. The van der Waals surface area contributed by atoms with E-state index < -0.39 is 29.9 Å². The monoisotopic (exact) mass is 617 g/mol. The number of rotatable bonds is 17. The second kappa shape index (κ2) is 16.9. The first-order valence-electron chi connectivity index (χ1n) is 14.3. The lowest BCUT2D eigenvalue weighted by Crippen LogP contribution is -2.50. The zero-order valence-corrected chi connectivity index (χ0v) is 25.9. The Bertz CT molecular complexity index is 1370. The third-order valence-corrected chi connectivity index (χ3v) is 8.18. The van der Waals surface area contributed by atoms with Gasteiger partial charge >= 0.3 is 5.97 Å². The van der Waals surface area contributed by atoms with E-state index in [1.165, 1.54) is 18.9 Å². The quantitative estimate of drug-likeness (QED) is 0.119. The number of esters is 1. The molecule has 8 nitrogen and oxygen atoms in total. The maximum Gasteiger partial charge on any atom is 0.336 e. The molecule has 0 aliphatic carbocycles. The second-order valence-electron chi connectivity index (χ2n) is 10.4. The van der Waals surface area contributed by atoms with E-state index in [0.29, 0.717) is 31.1 Å². The third-order valence-electron chi connectivity index (χ3n) is 7.26. The zero-order chi connectivity index (χ0) is 31.2. The second-order valence-corrected chi connectivity index (χ2v) is 11.4. The van der Waals surface area contributed by atoms with Crippen molar-refractivity contribution in [1.29, 1.82) is 0 Å². The van der Waals surface area contributed by atoms with Crippen LogP contribution in [0.25, 0.3) is 0 Å². The predicted octanol–water partition coefficient (Wildman–Crippen LogP) is 5.58. The molecule has 3 aromatic rings. The molecule has 1 fully saturated rings. The topological polar surface area (TPSA) is 92.3 Å². The Morgan fingerprint density at radius 2 is 1.50 bits per heavy atom. The van der Waals surface area contributed by atoms with E-state index in [1.807, 2.05) is 97.9 Å². The molecule has 1 aliphatic rings. The van der Waals surface area contributed by atoms with E-state index in [-0.39, 0.29) is 18.7 Å². The van der Waals surface area contributed by atoms with Crippen molar-refractivity contribution in [2.24, 2.45) is 0 Å². The summed E-state index contributed by atoms with van der Waals surface area (Å²) in [7, 11) is 1.29. The molecule has 4 rings (SSSR count). The van der Waals surface area contributed by atoms with E-state index in [9.17, 15) is 9.59 Å². The smallest absolute Gasteiger partial charge is 0.336 e. The van der Waals surface area contributed by atoms with Crippen molar-refractivity contribution in [3.05, 3.63) is 130 Å². The molecule has 44 heavy (non-hydrogen) atoms. The summed E-state index contributed by atoms with van der Waals surface area (Å²) < 4.78 is 31.0. The number of hydrogen-bond donors (Lipinski definition) is 1. The fourth-order valence-electron chi connectivity index (χ4n) is 4.95. The van der Waals surface area contributed by atoms with Gasteiger partial charge < -0.3 is 29.0 Å². The summed E-state index contributed by atoms with van der Waals surface area (Å²) in [6, 6.07) is 29.8. The molecule has 232 valence electrons. The van der Waals surface area contributed by atoms with Gasteiger partial charge in [-0.15, -0.1) is 0 Å². The molecule has 1 saturated heterocycles. The third kappa shape index (κ3) is 9.14. The first-order valence-corrected chi connectivity index (χ1v) is 15.2. The Labute approximate surface area is 263 Å². The van der Waals surface area contributed by atoms with E-state index in [0.717, 1.165) is 16.7 Å². The molecule has 9 heteroatoms. The molecule has 0 saturated carbocycles. The molecule has 4 atom stereocenters. The molecule has 1 N–H and O–H groups in total. The molecule has 1 amide bonds. The van der Waals surface area contributed by atoms with Crippen molar-refractivity contribution in [2.45, 2.75) is 50.7 Å². The van der Waals surface area contributed by atoms with Crippen molar-refractivity contribution < 1.29 is 33.3 Å². The highest BCUT2D eigenvalue weighted by molar-refractivity contribution is 8.05. The molecule has 0 bridgehead atoms. The Balaban J connectivity index is 1.60. The van der Waals surface area contributed by atoms with Crippen LogP contribution in [0.5, 0.6) is 0 Å². The number of nitrogens with one attached hydrogen (secondary N) is 1. The lowest BCUT2D eigenvalue weighted by molar-refractivity contribution is -0.141. The Morgan fingerprint density at radius 3 is 2.07 bits per heavy atom. The number of benzene rings is 3. The Morgan fingerprint density at radius 1 is 0.932 bits per heavy atom. The SMILES string of the molecule is C=C(S/C=C(\CNC=O)C(=O)OC)C1OC(COCc2ccccc2)[C@@H](OCc2ccccc2)C1(C)OCc1ccccc1. The van der Waals surface area contributed by atoms with E-state index in [2.05, 4.69) is 11.9 Å². The minimum Gasteiger partial charge on any atom is -0.466 e. The summed E-state index contributed by atoms with van der Waals surface area (Å²) in [5, 5.41) is 4.13. The largest absolute Gasteiger partial charge is 0.466 e. The van der Waals surface area contributed by atoms with Crippen LogP contribution in [0.4, 0.5) is 0 Å². The number of thioether (sulfide) groups is 1. The molecule has 1 aliphatic heterocycles. The molecule has 1 heterocycles. The number of amides is 1. The maximum atomic E-state index is 12.3. The van der Waals surface area contributed by atoms with E-state index in [4.69, 9.17) is 23.7 Å². The van der Waals surface area contributed by atoms with E-state index >= 15 is 0 Å². The fraction of sp³-hybridized carbons (Fsp3) is 0.314. The lowest BCUT2D eigenvalue weighted by atomic mass is 9.91. The highest BCUT2D eigenvalue weighted by Crippen LogP contribution is 2.44. The summed E-state index contributed by atoms with van der Waals surface area (Å²) in [5.41, 5.74) is 2.37. The number of carbonyl (C=O) groups is 2. The predicted molar refractivity (Wildman–Crippen MR) is 170 cm³/mol. The van der Waals surface area contributed by atoms with Gasteiger partial charge in [0.05, 0.1) is 45.7 Å². The summed E-state index contributed by atoms with van der Waals surface area (Å²) in [6.07, 6.45) is -1.10. The van der Waals surface area contributed by atoms with Crippen LogP contribution >= 0.6 is 11.8 Å². The van der Waals surface area contributed by atoms with Crippen LogP contribution in [0.2, 0.25) is 0 Å². The van der Waals surface area contributed by atoms with Gasteiger partial charge in [-0.05, 0) is 29.0 Å². The Hall–Kier alpha value is -3.73. The summed E-state index contributed by atoms with van der Waals surface area (Å²) in [6.45, 7) is 7.66. The van der Waals surface area contributed by atoms with Gasteiger partial charge in [-0.2, -0.15) is 0 Å². The highest BCUT2D eigenvalue weighted by atomic mass is 32.2. The molecule has 3 unspecified atom stereocenters. The highest BCUT2D eigenvalue weighted by Gasteiger charge is 2.56. The van der Waals surface area contributed by atoms with Crippen LogP contribution in [0.1, 0.15) is 23.6 Å². The molecular formula is C35H39NO7S. The fourth-order valence-corrected chi connectivity index (χ4v) is 5.83.